The van der Waals surface area contributed by atoms with Crippen LogP contribution >= 0.6 is 11.3 Å². The van der Waals surface area contributed by atoms with Crippen LogP contribution in [0.1, 0.15) is 52.7 Å². The number of thiophene rings is 1. The zero-order chi connectivity index (χ0) is 20.8. The summed E-state index contributed by atoms with van der Waals surface area (Å²) in [5.74, 6) is 0.614. The van der Waals surface area contributed by atoms with Crippen molar-refractivity contribution in [3.05, 3.63) is 70.4 Å². The number of carbonyl (C=O) groups is 1. The predicted octanol–water partition coefficient (Wildman–Crippen LogP) is 5.68. The second kappa shape index (κ2) is 9.76. The molecule has 0 saturated heterocycles. The summed E-state index contributed by atoms with van der Waals surface area (Å²) in [6.45, 7) is 3.09. The molecule has 0 spiro atoms. The third-order valence-electron chi connectivity index (χ3n) is 5.24. The van der Waals surface area contributed by atoms with Gasteiger partial charge in [0.25, 0.3) is 5.91 Å². The molecule has 0 aliphatic heterocycles. The molecule has 2 aromatic heterocycles. The Balaban J connectivity index is 1.63. The van der Waals surface area contributed by atoms with E-state index >= 15 is 0 Å². The average Bonchev–Trinajstić information content (AvgIpc) is 2.96. The topological polar surface area (TPSA) is 63.2 Å². The van der Waals surface area contributed by atoms with Crippen molar-refractivity contribution >= 4 is 27.9 Å². The molecular weight excluding hydrogens is 394 g/mol. The number of anilines is 2. The largest absolute Gasteiger partial charge is 0.492 e. The highest BCUT2D eigenvalue weighted by atomic mass is 32.1. The highest BCUT2D eigenvalue weighted by molar-refractivity contribution is 7.16. The third-order valence-corrected chi connectivity index (χ3v) is 6.49. The summed E-state index contributed by atoms with van der Waals surface area (Å²) in [7, 11) is 0. The Morgan fingerprint density at radius 3 is 2.77 bits per heavy atom. The first-order valence-corrected chi connectivity index (χ1v) is 11.4. The van der Waals surface area contributed by atoms with E-state index in [1.54, 1.807) is 17.5 Å². The van der Waals surface area contributed by atoms with Crippen LogP contribution in [0.3, 0.4) is 0 Å². The summed E-state index contributed by atoms with van der Waals surface area (Å²) in [6.07, 6.45) is 7.31. The Morgan fingerprint density at radius 2 is 1.93 bits per heavy atom. The van der Waals surface area contributed by atoms with E-state index in [1.165, 1.54) is 23.3 Å². The lowest BCUT2D eigenvalue weighted by molar-refractivity contribution is 0.102. The first-order chi connectivity index (χ1) is 14.8. The van der Waals surface area contributed by atoms with Crippen LogP contribution in [0, 0.1) is 0 Å². The minimum Gasteiger partial charge on any atom is -0.492 e. The zero-order valence-corrected chi connectivity index (χ0v) is 18.1. The number of hydrogen-bond donors (Lipinski definition) is 2. The third kappa shape index (κ3) is 4.65. The minimum absolute atomic E-state index is 0.0786. The molecule has 6 heteroatoms. The number of aromatic nitrogens is 1. The molecule has 2 heterocycles. The first-order valence-electron chi connectivity index (χ1n) is 10.6. The van der Waals surface area contributed by atoms with Gasteiger partial charge in [-0.15, -0.1) is 11.3 Å². The smallest absolute Gasteiger partial charge is 0.259 e. The second-order valence-electron chi connectivity index (χ2n) is 7.33. The quantitative estimate of drug-likeness (QED) is 0.482. The molecule has 3 aromatic rings. The van der Waals surface area contributed by atoms with Gasteiger partial charge < -0.3 is 15.4 Å². The van der Waals surface area contributed by atoms with Crippen LogP contribution in [0.25, 0.3) is 0 Å². The Labute approximate surface area is 181 Å². The first kappa shape index (κ1) is 20.4. The van der Waals surface area contributed by atoms with E-state index in [0.717, 1.165) is 35.5 Å². The van der Waals surface area contributed by atoms with Gasteiger partial charge in [-0.25, -0.2) is 0 Å². The molecule has 1 aromatic carbocycles. The summed E-state index contributed by atoms with van der Waals surface area (Å²) >= 11 is 1.72. The fourth-order valence-electron chi connectivity index (χ4n) is 3.82. The van der Waals surface area contributed by atoms with Gasteiger partial charge in [-0.1, -0.05) is 24.6 Å². The summed E-state index contributed by atoms with van der Waals surface area (Å²) in [6, 6.07) is 13.5. The fourth-order valence-corrected chi connectivity index (χ4v) is 5.10. The van der Waals surface area contributed by atoms with E-state index in [4.69, 9.17) is 4.74 Å². The van der Waals surface area contributed by atoms with Crippen LogP contribution < -0.4 is 15.4 Å². The molecule has 0 radical (unpaired) electrons. The van der Waals surface area contributed by atoms with Gasteiger partial charge in [0.2, 0.25) is 0 Å². The van der Waals surface area contributed by atoms with Gasteiger partial charge >= 0.3 is 0 Å². The van der Waals surface area contributed by atoms with Crippen LogP contribution in [0.5, 0.6) is 5.75 Å². The van der Waals surface area contributed by atoms with E-state index in [0.29, 0.717) is 24.6 Å². The number of amides is 1. The maximum absolute atomic E-state index is 13.4. The normalized spacial score (nSPS) is 13.2. The summed E-state index contributed by atoms with van der Waals surface area (Å²) in [5.41, 5.74) is 3.63. The predicted molar refractivity (Wildman–Crippen MR) is 123 cm³/mol. The number of benzene rings is 1. The van der Waals surface area contributed by atoms with Gasteiger partial charge in [-0.2, -0.15) is 0 Å². The molecule has 1 aliphatic rings. The lowest BCUT2D eigenvalue weighted by atomic mass is 10.0. The Bertz CT molecular complexity index is 1000. The van der Waals surface area contributed by atoms with Crippen molar-refractivity contribution in [3.63, 3.8) is 0 Å². The van der Waals surface area contributed by atoms with Crippen molar-refractivity contribution in [1.82, 2.24) is 4.98 Å². The maximum Gasteiger partial charge on any atom is 0.259 e. The average molecular weight is 422 g/mol. The van der Waals surface area contributed by atoms with Crippen LogP contribution in [0.15, 0.2) is 48.7 Å². The molecule has 2 N–H and O–H groups in total. The molecule has 1 aliphatic carbocycles. The van der Waals surface area contributed by atoms with Crippen molar-refractivity contribution < 1.29 is 9.53 Å². The molecular formula is C24H27N3O2S. The van der Waals surface area contributed by atoms with Gasteiger partial charge in [0.15, 0.2) is 0 Å². The van der Waals surface area contributed by atoms with Crippen LogP contribution in [-0.4, -0.2) is 17.5 Å². The van der Waals surface area contributed by atoms with Crippen molar-refractivity contribution in [2.75, 3.05) is 17.2 Å². The van der Waals surface area contributed by atoms with E-state index < -0.39 is 0 Å². The minimum atomic E-state index is -0.0786. The molecule has 0 fully saturated rings. The number of nitrogens with zero attached hydrogens (tertiary/aromatic N) is 1. The van der Waals surface area contributed by atoms with Crippen molar-refractivity contribution in [2.24, 2.45) is 0 Å². The molecule has 0 unspecified atom stereocenters. The summed E-state index contributed by atoms with van der Waals surface area (Å²) < 4.78 is 5.69. The van der Waals surface area contributed by atoms with Crippen LogP contribution in [0.2, 0.25) is 0 Å². The number of para-hydroxylation sites is 2. The molecule has 1 amide bonds. The van der Waals surface area contributed by atoms with Crippen molar-refractivity contribution in [2.45, 2.75) is 45.6 Å². The van der Waals surface area contributed by atoms with E-state index in [-0.39, 0.29) is 5.91 Å². The van der Waals surface area contributed by atoms with Gasteiger partial charge in [0, 0.05) is 11.1 Å². The molecule has 5 nitrogen and oxygen atoms in total. The lowest BCUT2D eigenvalue weighted by Gasteiger charge is -2.13. The lowest BCUT2D eigenvalue weighted by Crippen LogP contribution is -2.16. The Hall–Kier alpha value is -2.86. The number of nitrogens with one attached hydrogen (secondary N) is 2. The maximum atomic E-state index is 13.4. The zero-order valence-electron chi connectivity index (χ0n) is 17.2. The Morgan fingerprint density at radius 1 is 1.10 bits per heavy atom. The molecule has 30 heavy (non-hydrogen) atoms. The number of aryl methyl sites for hydroxylation is 1. The highest BCUT2D eigenvalue weighted by Gasteiger charge is 2.25. The number of pyridine rings is 1. The van der Waals surface area contributed by atoms with Gasteiger partial charge in [-0.05, 0) is 62.4 Å². The SMILES string of the molecule is CCOc1ccccc1NC(=O)c1c(NCc2ccccn2)sc2c1CCCCC2. The molecule has 4 rings (SSSR count). The number of rotatable bonds is 7. The monoisotopic (exact) mass is 421 g/mol. The van der Waals surface area contributed by atoms with Gasteiger partial charge in [0.05, 0.1) is 30.1 Å². The van der Waals surface area contributed by atoms with Gasteiger partial charge in [0.1, 0.15) is 10.8 Å². The number of carbonyl (C=O) groups excluding carboxylic acids is 1. The number of hydrogen-bond acceptors (Lipinski definition) is 5. The highest BCUT2D eigenvalue weighted by Crippen LogP contribution is 2.38. The molecule has 0 bridgehead atoms. The molecule has 0 saturated carbocycles. The second-order valence-corrected chi connectivity index (χ2v) is 8.43. The molecule has 156 valence electrons. The van der Waals surface area contributed by atoms with E-state index in [1.807, 2.05) is 49.4 Å². The van der Waals surface area contributed by atoms with Crippen LogP contribution in [0.4, 0.5) is 10.7 Å². The van der Waals surface area contributed by atoms with E-state index in [2.05, 4.69) is 15.6 Å². The number of fused-ring (bicyclic) bond motifs is 1. The summed E-state index contributed by atoms with van der Waals surface area (Å²) in [4.78, 5) is 19.2. The Kier molecular flexibility index (Phi) is 6.64. The van der Waals surface area contributed by atoms with Crippen LogP contribution in [-0.2, 0) is 19.4 Å². The standard InChI is InChI=1S/C24H27N3O2S/c1-2-29-20-13-7-6-12-19(20)27-23(28)22-18-11-4-3-5-14-21(18)30-24(22)26-16-17-10-8-9-15-25-17/h6-10,12-13,15,26H,2-5,11,14,16H2,1H3,(H,27,28). The van der Waals surface area contributed by atoms with E-state index in [9.17, 15) is 4.79 Å². The van der Waals surface area contributed by atoms with Crippen molar-refractivity contribution in [1.29, 1.82) is 0 Å². The van der Waals surface area contributed by atoms with Gasteiger partial charge in [-0.3, -0.25) is 9.78 Å². The summed E-state index contributed by atoms with van der Waals surface area (Å²) in [5, 5.41) is 7.50. The number of ether oxygens (including phenoxy) is 1. The molecule has 0 atom stereocenters. The fraction of sp³-hybridized carbons (Fsp3) is 0.333. The van der Waals surface area contributed by atoms with Crippen molar-refractivity contribution in [3.8, 4) is 5.75 Å².